The van der Waals surface area contributed by atoms with Crippen LogP contribution in [0, 0.1) is 6.92 Å². The molecular weight excluding hydrogens is 475 g/mol. The number of carbonyl (C=O) groups excluding carboxylic acids is 1. The van der Waals surface area contributed by atoms with Gasteiger partial charge in [-0.25, -0.2) is 9.97 Å². The summed E-state index contributed by atoms with van der Waals surface area (Å²) in [5.74, 6) is -0.194. The van der Waals surface area contributed by atoms with E-state index in [0.717, 1.165) is 17.4 Å². The van der Waals surface area contributed by atoms with Gasteiger partial charge in [0.15, 0.2) is 4.96 Å². The number of thiazole rings is 1. The first-order valence-corrected chi connectivity index (χ1v) is 11.8. The number of carbonyl (C=O) groups is 1. The van der Waals surface area contributed by atoms with Crippen molar-refractivity contribution in [2.24, 2.45) is 0 Å². The zero-order valence-corrected chi connectivity index (χ0v) is 19.1. The molecule has 5 rings (SSSR count). The maximum absolute atomic E-state index is 13.1. The Labute approximate surface area is 193 Å². The highest BCUT2D eigenvalue weighted by Gasteiger charge is 2.33. The number of piperazine rings is 1. The highest BCUT2D eigenvalue weighted by Crippen LogP contribution is 2.34. The topological polar surface area (TPSA) is 70.8 Å². The number of halogens is 3. The van der Waals surface area contributed by atoms with Gasteiger partial charge in [-0.05, 0) is 24.6 Å². The summed E-state index contributed by atoms with van der Waals surface area (Å²) in [5.41, 5.74) is 0.261. The highest BCUT2D eigenvalue weighted by atomic mass is 32.1. The molecule has 1 amide bonds. The van der Waals surface area contributed by atoms with Crippen molar-refractivity contribution in [1.29, 1.82) is 0 Å². The largest absolute Gasteiger partial charge is 0.433 e. The van der Waals surface area contributed by atoms with Gasteiger partial charge in [-0.15, -0.1) is 22.7 Å². The van der Waals surface area contributed by atoms with Crippen molar-refractivity contribution in [2.45, 2.75) is 19.6 Å². The van der Waals surface area contributed by atoms with Crippen LogP contribution >= 0.6 is 22.7 Å². The monoisotopic (exact) mass is 493 g/mol. The first-order chi connectivity index (χ1) is 15.7. The van der Waals surface area contributed by atoms with Crippen molar-refractivity contribution in [3.8, 4) is 0 Å². The van der Waals surface area contributed by atoms with E-state index in [1.54, 1.807) is 18.0 Å². The fourth-order valence-corrected chi connectivity index (χ4v) is 5.80. The second kappa shape index (κ2) is 8.19. The number of amides is 1. The number of rotatable bonds is 3. The third kappa shape index (κ3) is 4.13. The van der Waals surface area contributed by atoms with Crippen LogP contribution in [0.15, 0.2) is 34.6 Å². The molecule has 0 radical (unpaired) electrons. The molecule has 0 saturated carbocycles. The molecule has 12 heteroatoms. The molecule has 33 heavy (non-hydrogen) atoms. The summed E-state index contributed by atoms with van der Waals surface area (Å²) in [6.45, 7) is 4.43. The normalized spacial score (nSPS) is 15.6. The SMILES string of the molecule is Cc1c(C(=O)N2CCN(Cc3cc(=O)n4ccsc4n3)CC2)sc2nc(C(F)(F)F)ccc12. The number of aromatic nitrogens is 3. The Kier molecular flexibility index (Phi) is 5.46. The Morgan fingerprint density at radius 3 is 2.64 bits per heavy atom. The number of alkyl halides is 3. The van der Waals surface area contributed by atoms with E-state index in [1.165, 1.54) is 27.9 Å². The lowest BCUT2D eigenvalue weighted by molar-refractivity contribution is -0.140. The van der Waals surface area contributed by atoms with Gasteiger partial charge in [0.05, 0.1) is 10.6 Å². The number of pyridine rings is 1. The fraction of sp³-hybridized carbons (Fsp3) is 0.333. The number of thiophene rings is 1. The van der Waals surface area contributed by atoms with Gasteiger partial charge < -0.3 is 4.90 Å². The molecule has 4 aromatic heterocycles. The quantitative estimate of drug-likeness (QED) is 0.436. The lowest BCUT2D eigenvalue weighted by Gasteiger charge is -2.34. The molecule has 0 atom stereocenters. The van der Waals surface area contributed by atoms with E-state index in [1.807, 2.05) is 5.38 Å². The van der Waals surface area contributed by atoms with Gasteiger partial charge in [0.25, 0.3) is 11.5 Å². The molecule has 4 aromatic rings. The maximum Gasteiger partial charge on any atom is 0.433 e. The fourth-order valence-electron chi connectivity index (χ4n) is 3.91. The summed E-state index contributed by atoms with van der Waals surface area (Å²) in [5, 5.41) is 2.38. The predicted octanol–water partition coefficient (Wildman–Crippen LogP) is 3.65. The standard InChI is InChI=1S/C21H18F3N5O2S2/c1-12-14-2-3-15(21(22,23)24)26-18(14)33-17(12)19(31)28-6-4-27(5-7-28)11-13-10-16(30)29-8-9-32-20(29)25-13/h2-3,8-10H,4-7,11H2,1H3. The van der Waals surface area contributed by atoms with Crippen molar-refractivity contribution in [1.82, 2.24) is 24.2 Å². The molecule has 0 unspecified atom stereocenters. The summed E-state index contributed by atoms with van der Waals surface area (Å²) in [4.78, 5) is 38.7. The zero-order chi connectivity index (χ0) is 23.3. The first kappa shape index (κ1) is 22.0. The average molecular weight is 494 g/mol. The molecule has 7 nitrogen and oxygen atoms in total. The van der Waals surface area contributed by atoms with Crippen LogP contribution < -0.4 is 5.56 Å². The Morgan fingerprint density at radius 2 is 1.91 bits per heavy atom. The molecule has 1 aliphatic heterocycles. The molecule has 0 bridgehead atoms. The smallest absolute Gasteiger partial charge is 0.335 e. The van der Waals surface area contributed by atoms with Crippen LogP contribution in [0.5, 0.6) is 0 Å². The molecule has 1 fully saturated rings. The van der Waals surface area contributed by atoms with E-state index in [-0.39, 0.29) is 16.3 Å². The third-order valence-electron chi connectivity index (χ3n) is 5.69. The third-order valence-corrected chi connectivity index (χ3v) is 7.64. The van der Waals surface area contributed by atoms with E-state index >= 15 is 0 Å². The second-order valence-corrected chi connectivity index (χ2v) is 9.68. The van der Waals surface area contributed by atoms with Gasteiger partial charge in [-0.2, -0.15) is 13.2 Å². The van der Waals surface area contributed by atoms with Crippen LogP contribution in [-0.2, 0) is 12.7 Å². The van der Waals surface area contributed by atoms with E-state index in [0.29, 0.717) is 59.2 Å². The summed E-state index contributed by atoms with van der Waals surface area (Å²) in [7, 11) is 0. The van der Waals surface area contributed by atoms with Gasteiger partial charge in [-0.1, -0.05) is 0 Å². The van der Waals surface area contributed by atoms with E-state index in [2.05, 4.69) is 14.9 Å². The highest BCUT2D eigenvalue weighted by molar-refractivity contribution is 7.20. The van der Waals surface area contributed by atoms with E-state index < -0.39 is 11.9 Å². The second-order valence-electron chi connectivity index (χ2n) is 7.81. The van der Waals surface area contributed by atoms with E-state index in [4.69, 9.17) is 0 Å². The average Bonchev–Trinajstić information content (AvgIpc) is 3.38. The van der Waals surface area contributed by atoms with Gasteiger partial charge in [0.1, 0.15) is 10.5 Å². The summed E-state index contributed by atoms with van der Waals surface area (Å²) in [6, 6.07) is 3.86. The molecular formula is C21H18F3N5O2S2. The summed E-state index contributed by atoms with van der Waals surface area (Å²) in [6.07, 6.45) is -2.83. The summed E-state index contributed by atoms with van der Waals surface area (Å²) < 4.78 is 40.5. The van der Waals surface area contributed by atoms with Crippen LogP contribution in [0.25, 0.3) is 15.2 Å². The Hall–Kier alpha value is -2.83. The van der Waals surface area contributed by atoms with Crippen LogP contribution in [-0.4, -0.2) is 56.3 Å². The van der Waals surface area contributed by atoms with Crippen LogP contribution in [0.4, 0.5) is 13.2 Å². The minimum Gasteiger partial charge on any atom is -0.335 e. The van der Waals surface area contributed by atoms with Crippen molar-refractivity contribution < 1.29 is 18.0 Å². The summed E-state index contributed by atoms with van der Waals surface area (Å²) >= 11 is 2.40. The Bertz CT molecular complexity index is 1420. The molecule has 0 aromatic carbocycles. The van der Waals surface area contributed by atoms with Crippen molar-refractivity contribution in [3.63, 3.8) is 0 Å². The number of hydrogen-bond acceptors (Lipinski definition) is 7. The van der Waals surface area contributed by atoms with Gasteiger partial charge in [-0.3, -0.25) is 18.9 Å². The van der Waals surface area contributed by atoms with Crippen molar-refractivity contribution in [2.75, 3.05) is 26.2 Å². The first-order valence-electron chi connectivity index (χ1n) is 10.2. The lowest BCUT2D eigenvalue weighted by atomic mass is 10.1. The molecule has 0 spiro atoms. The minimum atomic E-state index is -4.53. The molecule has 1 saturated heterocycles. The zero-order valence-electron chi connectivity index (χ0n) is 17.4. The molecule has 0 aliphatic carbocycles. The minimum absolute atomic E-state index is 0.118. The van der Waals surface area contributed by atoms with Crippen LogP contribution in [0.1, 0.15) is 26.6 Å². The number of nitrogens with zero attached hydrogens (tertiary/aromatic N) is 5. The lowest BCUT2D eigenvalue weighted by Crippen LogP contribution is -2.48. The number of aryl methyl sites for hydroxylation is 1. The van der Waals surface area contributed by atoms with E-state index in [9.17, 15) is 22.8 Å². The predicted molar refractivity (Wildman–Crippen MR) is 120 cm³/mol. The molecule has 5 heterocycles. The Balaban J connectivity index is 1.28. The van der Waals surface area contributed by atoms with Crippen molar-refractivity contribution in [3.05, 3.63) is 62.0 Å². The maximum atomic E-state index is 13.1. The number of fused-ring (bicyclic) bond motifs is 2. The van der Waals surface area contributed by atoms with Gasteiger partial charge in [0, 0.05) is 55.8 Å². The molecule has 0 N–H and O–H groups in total. The van der Waals surface area contributed by atoms with Gasteiger partial charge >= 0.3 is 6.18 Å². The van der Waals surface area contributed by atoms with Gasteiger partial charge in [0.2, 0.25) is 0 Å². The van der Waals surface area contributed by atoms with Crippen molar-refractivity contribution >= 4 is 43.8 Å². The Morgan fingerprint density at radius 1 is 1.15 bits per heavy atom. The molecule has 1 aliphatic rings. The molecule has 172 valence electrons. The van der Waals surface area contributed by atoms with Crippen LogP contribution in [0.3, 0.4) is 0 Å². The van der Waals surface area contributed by atoms with Crippen LogP contribution in [0.2, 0.25) is 0 Å². The number of hydrogen-bond donors (Lipinski definition) is 0.